The molecule has 6 heteroatoms. The predicted octanol–water partition coefficient (Wildman–Crippen LogP) is 2.62. The minimum atomic E-state index is -0.415. The third-order valence-corrected chi connectivity index (χ3v) is 4.86. The number of benzene rings is 2. The van der Waals surface area contributed by atoms with Gasteiger partial charge < -0.3 is 10.1 Å². The molecule has 3 rings (SSSR count). The molecule has 1 aliphatic heterocycles. The average molecular weight is 381 g/mol. The quantitative estimate of drug-likeness (QED) is 0.780. The van der Waals surface area contributed by atoms with Gasteiger partial charge in [0.15, 0.2) is 0 Å². The molecule has 0 aromatic heterocycles. The van der Waals surface area contributed by atoms with E-state index in [1.807, 2.05) is 6.07 Å². The number of esters is 1. The maximum Gasteiger partial charge on any atom is 0.337 e. The topological polar surface area (TPSA) is 61.9 Å². The monoisotopic (exact) mass is 381 g/mol. The number of hydrogen-bond donors (Lipinski definition) is 1. The van der Waals surface area contributed by atoms with Crippen LogP contribution in [0.5, 0.6) is 0 Å². The number of carbonyl (C=O) groups excluding carboxylic acids is 2. The van der Waals surface area contributed by atoms with Crippen LogP contribution in [-0.2, 0) is 16.1 Å². The Kier molecular flexibility index (Phi) is 7.17. The predicted molar refractivity (Wildman–Crippen MR) is 109 cm³/mol. The van der Waals surface area contributed by atoms with E-state index in [4.69, 9.17) is 4.74 Å². The first-order valence-corrected chi connectivity index (χ1v) is 9.61. The number of anilines is 1. The van der Waals surface area contributed by atoms with E-state index in [1.165, 1.54) is 12.7 Å². The molecule has 1 fully saturated rings. The van der Waals surface area contributed by atoms with Gasteiger partial charge in [-0.3, -0.25) is 14.6 Å². The van der Waals surface area contributed by atoms with Crippen molar-refractivity contribution in [3.63, 3.8) is 0 Å². The fraction of sp³-hybridized carbons (Fsp3) is 0.364. The number of methoxy groups -OCH3 is 1. The van der Waals surface area contributed by atoms with Crippen molar-refractivity contribution in [1.29, 1.82) is 0 Å². The maximum absolute atomic E-state index is 12.4. The highest BCUT2D eigenvalue weighted by molar-refractivity contribution is 5.95. The molecule has 0 bridgehead atoms. The highest BCUT2D eigenvalue weighted by atomic mass is 16.5. The largest absolute Gasteiger partial charge is 0.465 e. The summed E-state index contributed by atoms with van der Waals surface area (Å²) in [5.74, 6) is -0.486. The van der Waals surface area contributed by atoms with Crippen LogP contribution < -0.4 is 5.32 Å². The van der Waals surface area contributed by atoms with Gasteiger partial charge in [0.1, 0.15) is 0 Å². The van der Waals surface area contributed by atoms with E-state index in [0.29, 0.717) is 17.8 Å². The Hall–Kier alpha value is -2.70. The molecule has 0 unspecified atom stereocenters. The first-order chi connectivity index (χ1) is 13.6. The SMILES string of the molecule is COC(=O)c1cccc(NC(=O)CN2CCCN(Cc3ccccc3)CC2)c1. The van der Waals surface area contributed by atoms with Crippen molar-refractivity contribution < 1.29 is 14.3 Å². The van der Waals surface area contributed by atoms with Crippen LogP contribution in [0, 0.1) is 0 Å². The summed E-state index contributed by atoms with van der Waals surface area (Å²) in [7, 11) is 1.34. The van der Waals surface area contributed by atoms with Gasteiger partial charge in [-0.05, 0) is 43.3 Å². The molecule has 1 amide bonds. The molecule has 0 spiro atoms. The van der Waals surface area contributed by atoms with Gasteiger partial charge in [-0.2, -0.15) is 0 Å². The normalized spacial score (nSPS) is 15.6. The Labute approximate surface area is 166 Å². The van der Waals surface area contributed by atoms with E-state index in [0.717, 1.165) is 39.1 Å². The molecular formula is C22H27N3O3. The second-order valence-electron chi connectivity index (χ2n) is 7.01. The van der Waals surface area contributed by atoms with Crippen LogP contribution in [0.3, 0.4) is 0 Å². The van der Waals surface area contributed by atoms with E-state index < -0.39 is 5.97 Å². The molecule has 2 aromatic carbocycles. The number of amides is 1. The van der Waals surface area contributed by atoms with Crippen molar-refractivity contribution in [2.75, 3.05) is 45.2 Å². The van der Waals surface area contributed by atoms with Crippen molar-refractivity contribution in [3.8, 4) is 0 Å². The molecule has 1 N–H and O–H groups in total. The third kappa shape index (κ3) is 5.90. The van der Waals surface area contributed by atoms with E-state index in [2.05, 4.69) is 39.4 Å². The molecular weight excluding hydrogens is 354 g/mol. The lowest BCUT2D eigenvalue weighted by Crippen LogP contribution is -2.36. The summed E-state index contributed by atoms with van der Waals surface area (Å²) in [6.45, 7) is 5.04. The van der Waals surface area contributed by atoms with Gasteiger partial charge in [-0.25, -0.2) is 4.79 Å². The van der Waals surface area contributed by atoms with Gasteiger partial charge in [0.25, 0.3) is 0 Å². The molecule has 2 aromatic rings. The summed E-state index contributed by atoms with van der Waals surface area (Å²) in [4.78, 5) is 28.7. The number of nitrogens with one attached hydrogen (secondary N) is 1. The van der Waals surface area contributed by atoms with Gasteiger partial charge in [0.2, 0.25) is 5.91 Å². The molecule has 28 heavy (non-hydrogen) atoms. The molecule has 1 heterocycles. The highest BCUT2D eigenvalue weighted by Gasteiger charge is 2.17. The summed E-state index contributed by atoms with van der Waals surface area (Å²) in [6.07, 6.45) is 1.04. The zero-order valence-electron chi connectivity index (χ0n) is 16.3. The van der Waals surface area contributed by atoms with Gasteiger partial charge in [-0.1, -0.05) is 36.4 Å². The number of ether oxygens (including phenoxy) is 1. The van der Waals surface area contributed by atoms with E-state index in [1.54, 1.807) is 24.3 Å². The Morgan fingerprint density at radius 2 is 1.71 bits per heavy atom. The summed E-state index contributed by atoms with van der Waals surface area (Å²) in [5.41, 5.74) is 2.35. The Bertz CT molecular complexity index is 795. The summed E-state index contributed by atoms with van der Waals surface area (Å²) in [6, 6.07) is 17.3. The molecule has 0 atom stereocenters. The second kappa shape index (κ2) is 10.0. The number of nitrogens with zero attached hydrogens (tertiary/aromatic N) is 2. The molecule has 0 radical (unpaired) electrons. The minimum absolute atomic E-state index is 0.0708. The molecule has 0 saturated carbocycles. The van der Waals surface area contributed by atoms with Crippen molar-refractivity contribution in [1.82, 2.24) is 9.80 Å². The van der Waals surface area contributed by atoms with Gasteiger partial charge in [0, 0.05) is 25.3 Å². The number of carbonyl (C=O) groups is 2. The first kappa shape index (κ1) is 20.0. The van der Waals surface area contributed by atoms with Crippen molar-refractivity contribution in [2.24, 2.45) is 0 Å². The third-order valence-electron chi connectivity index (χ3n) is 4.86. The summed E-state index contributed by atoms with van der Waals surface area (Å²) < 4.78 is 4.72. The van der Waals surface area contributed by atoms with Crippen LogP contribution in [0.4, 0.5) is 5.69 Å². The average Bonchev–Trinajstić information content (AvgIpc) is 2.93. The van der Waals surface area contributed by atoms with Gasteiger partial charge in [0.05, 0.1) is 19.2 Å². The highest BCUT2D eigenvalue weighted by Crippen LogP contribution is 2.13. The maximum atomic E-state index is 12.4. The van der Waals surface area contributed by atoms with E-state index in [9.17, 15) is 9.59 Å². The molecule has 148 valence electrons. The van der Waals surface area contributed by atoms with Gasteiger partial charge in [-0.15, -0.1) is 0 Å². The number of rotatable bonds is 6. The lowest BCUT2D eigenvalue weighted by Gasteiger charge is -2.21. The Morgan fingerprint density at radius 3 is 2.50 bits per heavy atom. The second-order valence-corrected chi connectivity index (χ2v) is 7.01. The van der Waals surface area contributed by atoms with Gasteiger partial charge >= 0.3 is 5.97 Å². The van der Waals surface area contributed by atoms with Crippen LogP contribution in [0.15, 0.2) is 54.6 Å². The zero-order valence-corrected chi connectivity index (χ0v) is 16.3. The Balaban J connectivity index is 1.49. The smallest absolute Gasteiger partial charge is 0.337 e. The fourth-order valence-corrected chi connectivity index (χ4v) is 3.43. The molecule has 1 saturated heterocycles. The van der Waals surface area contributed by atoms with E-state index >= 15 is 0 Å². The van der Waals surface area contributed by atoms with Crippen LogP contribution in [0.25, 0.3) is 0 Å². The first-order valence-electron chi connectivity index (χ1n) is 9.61. The van der Waals surface area contributed by atoms with Crippen molar-refractivity contribution in [3.05, 3.63) is 65.7 Å². The molecule has 0 aliphatic carbocycles. The number of hydrogen-bond acceptors (Lipinski definition) is 5. The zero-order chi connectivity index (χ0) is 19.8. The van der Waals surface area contributed by atoms with E-state index in [-0.39, 0.29) is 5.91 Å². The van der Waals surface area contributed by atoms with Crippen LogP contribution >= 0.6 is 0 Å². The lowest BCUT2D eigenvalue weighted by molar-refractivity contribution is -0.117. The van der Waals surface area contributed by atoms with Crippen molar-refractivity contribution >= 4 is 17.6 Å². The standard InChI is InChI=1S/C22H27N3O3/c1-28-22(27)19-9-5-10-20(15-19)23-21(26)17-25-12-6-11-24(13-14-25)16-18-7-3-2-4-8-18/h2-5,7-10,15H,6,11-14,16-17H2,1H3,(H,23,26). The van der Waals surface area contributed by atoms with Crippen molar-refractivity contribution in [2.45, 2.75) is 13.0 Å². The lowest BCUT2D eigenvalue weighted by atomic mass is 10.2. The Morgan fingerprint density at radius 1 is 0.964 bits per heavy atom. The minimum Gasteiger partial charge on any atom is -0.465 e. The summed E-state index contributed by atoms with van der Waals surface area (Å²) in [5, 5.41) is 2.88. The fourth-order valence-electron chi connectivity index (χ4n) is 3.43. The van der Waals surface area contributed by atoms with Crippen LogP contribution in [0.1, 0.15) is 22.3 Å². The molecule has 1 aliphatic rings. The van der Waals surface area contributed by atoms with Crippen LogP contribution in [0.2, 0.25) is 0 Å². The van der Waals surface area contributed by atoms with Crippen LogP contribution in [-0.4, -0.2) is 61.5 Å². The summed E-state index contributed by atoms with van der Waals surface area (Å²) >= 11 is 0. The molecule has 6 nitrogen and oxygen atoms in total.